The lowest BCUT2D eigenvalue weighted by molar-refractivity contribution is 0.607. The van der Waals surface area contributed by atoms with Crippen molar-refractivity contribution >= 4 is 19.7 Å². The lowest BCUT2D eigenvalue weighted by Gasteiger charge is -2.00. The molecule has 0 N–H and O–H groups in total. The van der Waals surface area contributed by atoms with Crippen LogP contribution in [0.5, 0.6) is 0 Å². The minimum atomic E-state index is -3.94. The minimum absolute atomic E-state index is 0.0635. The molecule has 0 bridgehead atoms. The molecule has 1 aromatic rings. The number of rotatable bonds is 2. The van der Waals surface area contributed by atoms with E-state index in [0.717, 1.165) is 23.7 Å². The summed E-state index contributed by atoms with van der Waals surface area (Å²) in [6.07, 6.45) is 2.53. The summed E-state index contributed by atoms with van der Waals surface area (Å²) in [7, 11) is 1.30. The van der Waals surface area contributed by atoms with Gasteiger partial charge in [0, 0.05) is 27.7 Å². The maximum atomic E-state index is 11.3. The highest BCUT2D eigenvalue weighted by Gasteiger charge is 2.33. The van der Waals surface area contributed by atoms with Gasteiger partial charge in [0.1, 0.15) is 4.90 Å². The van der Waals surface area contributed by atoms with Crippen molar-refractivity contribution in [2.75, 3.05) is 0 Å². The molecule has 0 unspecified atom stereocenters. The van der Waals surface area contributed by atoms with E-state index in [4.69, 9.17) is 14.8 Å². The first-order valence-electron chi connectivity index (χ1n) is 5.24. The molecule has 0 amide bonds. The standard InChI is InChI=1S/C7H9ClN2O2S/c1-10-7(5-2-3-5)6(4-9-10)13(8,11)12/h4-5H,2-3H2,1H3/i1D3. The highest BCUT2D eigenvalue weighted by atomic mass is 35.7. The second-order valence-electron chi connectivity index (χ2n) is 3.02. The van der Waals surface area contributed by atoms with Crippen molar-refractivity contribution in [2.45, 2.75) is 23.7 Å². The zero-order valence-electron chi connectivity index (χ0n) is 9.57. The molecule has 0 spiro atoms. The fraction of sp³-hybridized carbons (Fsp3) is 0.571. The predicted molar refractivity (Wildman–Crippen MR) is 48.2 cm³/mol. The molecule has 1 aromatic heterocycles. The lowest BCUT2D eigenvalue weighted by atomic mass is 10.3. The second kappa shape index (κ2) is 2.72. The third kappa shape index (κ3) is 1.58. The van der Waals surface area contributed by atoms with Crippen LogP contribution in [0.15, 0.2) is 11.1 Å². The molecular weight excluding hydrogens is 212 g/mol. The molecule has 1 saturated carbocycles. The van der Waals surface area contributed by atoms with E-state index in [2.05, 4.69) is 5.10 Å². The van der Waals surface area contributed by atoms with Crippen molar-refractivity contribution in [3.8, 4) is 0 Å². The monoisotopic (exact) mass is 223 g/mol. The van der Waals surface area contributed by atoms with Gasteiger partial charge in [0.2, 0.25) is 0 Å². The first-order chi connectivity index (χ1) is 7.21. The Labute approximate surface area is 85.1 Å². The van der Waals surface area contributed by atoms with Gasteiger partial charge >= 0.3 is 0 Å². The van der Waals surface area contributed by atoms with Crippen molar-refractivity contribution in [3.05, 3.63) is 11.9 Å². The fourth-order valence-electron chi connectivity index (χ4n) is 1.26. The average molecular weight is 224 g/mol. The summed E-state index contributed by atoms with van der Waals surface area (Å²) in [6, 6.07) is 0. The van der Waals surface area contributed by atoms with Crippen LogP contribution in [0.1, 0.15) is 28.6 Å². The third-order valence-electron chi connectivity index (χ3n) is 2.00. The minimum Gasteiger partial charge on any atom is -0.271 e. The second-order valence-corrected chi connectivity index (χ2v) is 5.55. The summed E-state index contributed by atoms with van der Waals surface area (Å²) >= 11 is 0. The lowest BCUT2D eigenvalue weighted by Crippen LogP contribution is -2.00. The summed E-state index contributed by atoms with van der Waals surface area (Å²) in [5.74, 6) is -0.0635. The number of nitrogens with zero attached hydrogens (tertiary/aromatic N) is 2. The fourth-order valence-corrected chi connectivity index (χ4v) is 2.29. The summed E-state index contributed by atoms with van der Waals surface area (Å²) < 4.78 is 45.0. The van der Waals surface area contributed by atoms with Crippen LogP contribution in [0.4, 0.5) is 0 Å². The molecule has 0 aromatic carbocycles. The van der Waals surface area contributed by atoms with E-state index in [1.54, 1.807) is 0 Å². The average Bonchev–Trinajstić information content (AvgIpc) is 2.79. The van der Waals surface area contributed by atoms with Crippen LogP contribution in [-0.2, 0) is 16.0 Å². The Morgan fingerprint density at radius 2 is 2.46 bits per heavy atom. The Morgan fingerprint density at radius 1 is 1.77 bits per heavy atom. The van der Waals surface area contributed by atoms with Crippen LogP contribution in [0, 0.1) is 0 Å². The van der Waals surface area contributed by atoms with Gasteiger partial charge in [-0.15, -0.1) is 0 Å². The number of hydrogen-bond acceptors (Lipinski definition) is 3. The quantitative estimate of drug-likeness (QED) is 0.709. The number of aryl methyl sites for hydroxylation is 1. The maximum Gasteiger partial charge on any atom is 0.264 e. The molecule has 0 saturated heterocycles. The van der Waals surface area contributed by atoms with E-state index in [1.807, 2.05) is 0 Å². The topological polar surface area (TPSA) is 52.0 Å². The van der Waals surface area contributed by atoms with E-state index >= 15 is 0 Å². The summed E-state index contributed by atoms with van der Waals surface area (Å²) in [5, 5.41) is 3.61. The molecular formula is C7H9ClN2O2S. The van der Waals surface area contributed by atoms with Gasteiger partial charge in [0.05, 0.1) is 11.9 Å². The van der Waals surface area contributed by atoms with Crippen LogP contribution in [-0.4, -0.2) is 18.2 Å². The van der Waals surface area contributed by atoms with Gasteiger partial charge in [0.15, 0.2) is 0 Å². The molecule has 4 nitrogen and oxygen atoms in total. The van der Waals surface area contributed by atoms with Crippen LogP contribution < -0.4 is 0 Å². The Balaban J connectivity index is 2.62. The predicted octanol–water partition coefficient (Wildman–Crippen LogP) is 1.23. The van der Waals surface area contributed by atoms with Crippen LogP contribution in [0.25, 0.3) is 0 Å². The van der Waals surface area contributed by atoms with Crippen molar-refractivity contribution in [3.63, 3.8) is 0 Å². The van der Waals surface area contributed by atoms with Crippen molar-refractivity contribution in [2.24, 2.45) is 6.98 Å². The van der Waals surface area contributed by atoms with E-state index in [1.165, 1.54) is 0 Å². The molecule has 1 aliphatic rings. The number of hydrogen-bond donors (Lipinski definition) is 0. The molecule has 0 radical (unpaired) electrons. The Morgan fingerprint density at radius 3 is 2.92 bits per heavy atom. The van der Waals surface area contributed by atoms with Gasteiger partial charge in [-0.25, -0.2) is 8.42 Å². The number of halogens is 1. The first-order valence-corrected chi connectivity index (χ1v) is 6.05. The van der Waals surface area contributed by atoms with Gasteiger partial charge in [-0.3, -0.25) is 4.68 Å². The third-order valence-corrected chi connectivity index (χ3v) is 3.34. The normalized spacial score (nSPS) is 22.1. The van der Waals surface area contributed by atoms with E-state index in [-0.39, 0.29) is 16.5 Å². The highest BCUT2D eigenvalue weighted by molar-refractivity contribution is 8.13. The van der Waals surface area contributed by atoms with Crippen molar-refractivity contribution < 1.29 is 12.5 Å². The molecule has 13 heavy (non-hydrogen) atoms. The van der Waals surface area contributed by atoms with Gasteiger partial charge in [-0.1, -0.05) is 0 Å². The van der Waals surface area contributed by atoms with Crippen LogP contribution in [0.3, 0.4) is 0 Å². The molecule has 6 heteroatoms. The Kier molecular flexibility index (Phi) is 1.26. The van der Waals surface area contributed by atoms with Crippen molar-refractivity contribution in [1.29, 1.82) is 0 Å². The summed E-state index contributed by atoms with van der Waals surface area (Å²) in [4.78, 5) is -0.187. The smallest absolute Gasteiger partial charge is 0.264 e. The van der Waals surface area contributed by atoms with E-state index in [9.17, 15) is 8.42 Å². The van der Waals surface area contributed by atoms with E-state index in [0.29, 0.717) is 0 Å². The van der Waals surface area contributed by atoms with E-state index < -0.39 is 16.0 Å². The molecule has 0 atom stereocenters. The van der Waals surface area contributed by atoms with Crippen LogP contribution in [0.2, 0.25) is 0 Å². The summed E-state index contributed by atoms with van der Waals surface area (Å²) in [6.45, 7) is -2.47. The molecule has 1 aliphatic carbocycles. The van der Waals surface area contributed by atoms with Gasteiger partial charge in [-0.05, 0) is 12.8 Å². The molecule has 0 aliphatic heterocycles. The Hall–Kier alpha value is -0.550. The Bertz CT molecular complexity index is 518. The van der Waals surface area contributed by atoms with Crippen LogP contribution >= 0.6 is 10.7 Å². The maximum absolute atomic E-state index is 11.3. The number of aromatic nitrogens is 2. The van der Waals surface area contributed by atoms with Gasteiger partial charge in [-0.2, -0.15) is 5.10 Å². The zero-order valence-corrected chi connectivity index (χ0v) is 8.14. The van der Waals surface area contributed by atoms with Gasteiger partial charge < -0.3 is 0 Å². The highest BCUT2D eigenvalue weighted by Crippen LogP contribution is 2.43. The molecule has 1 heterocycles. The SMILES string of the molecule is [2H]C([2H])([2H])n1ncc(S(=O)(=O)Cl)c1C1CC1. The zero-order chi connectivity index (χ0) is 12.1. The van der Waals surface area contributed by atoms with Gasteiger partial charge in [0.25, 0.3) is 9.05 Å². The molecule has 2 rings (SSSR count). The first kappa shape index (κ1) is 6.03. The molecule has 1 fully saturated rings. The summed E-state index contributed by atoms with van der Waals surface area (Å²) in [5.41, 5.74) is 0.204. The largest absolute Gasteiger partial charge is 0.271 e. The van der Waals surface area contributed by atoms with Crippen molar-refractivity contribution in [1.82, 2.24) is 9.78 Å². The molecule has 72 valence electrons.